The van der Waals surface area contributed by atoms with Gasteiger partial charge in [-0.05, 0) is 55.2 Å². The van der Waals surface area contributed by atoms with Crippen LogP contribution < -0.4 is 10.9 Å². The first-order valence-corrected chi connectivity index (χ1v) is 9.93. The van der Waals surface area contributed by atoms with Gasteiger partial charge in [-0.25, -0.2) is 9.59 Å². The molecule has 1 aliphatic heterocycles. The molecule has 0 aliphatic carbocycles. The number of carbonyl (C=O) groups excluding carboxylic acids is 2. The number of fused-ring (bicyclic) bond motifs is 1. The molecule has 4 rings (SSSR count). The fourth-order valence-corrected chi connectivity index (χ4v) is 4.06. The van der Waals surface area contributed by atoms with Gasteiger partial charge in [-0.15, -0.1) is 0 Å². The van der Waals surface area contributed by atoms with Crippen LogP contribution in [0.15, 0.2) is 56.1 Å². The van der Waals surface area contributed by atoms with Crippen molar-refractivity contribution >= 4 is 38.8 Å². The van der Waals surface area contributed by atoms with E-state index in [2.05, 4.69) is 21.2 Å². The lowest BCUT2D eigenvalue weighted by molar-refractivity contribution is -0.131. The highest BCUT2D eigenvalue weighted by Gasteiger charge is 2.49. The van der Waals surface area contributed by atoms with Gasteiger partial charge in [0.1, 0.15) is 11.1 Å². The van der Waals surface area contributed by atoms with Crippen LogP contribution in [-0.4, -0.2) is 16.8 Å². The highest BCUT2D eigenvalue weighted by atomic mass is 79.9. The minimum absolute atomic E-state index is 0.0150. The average Bonchev–Trinajstić information content (AvgIpc) is 2.89. The molecular weight excluding hydrogens is 436 g/mol. The molecule has 6 nitrogen and oxygen atoms in total. The van der Waals surface area contributed by atoms with Crippen molar-refractivity contribution in [2.24, 2.45) is 0 Å². The highest BCUT2D eigenvalue weighted by Crippen LogP contribution is 2.32. The number of nitrogens with one attached hydrogen (secondary N) is 1. The van der Waals surface area contributed by atoms with E-state index in [0.29, 0.717) is 22.1 Å². The molecule has 0 bridgehead atoms. The summed E-state index contributed by atoms with van der Waals surface area (Å²) >= 11 is 3.40. The van der Waals surface area contributed by atoms with Gasteiger partial charge in [0.2, 0.25) is 0 Å². The van der Waals surface area contributed by atoms with Crippen LogP contribution in [0.4, 0.5) is 4.79 Å². The summed E-state index contributed by atoms with van der Waals surface area (Å²) in [5.74, 6) is -0.370. The Morgan fingerprint density at radius 1 is 1.10 bits per heavy atom. The summed E-state index contributed by atoms with van der Waals surface area (Å²) in [6, 6.07) is 11.9. The minimum Gasteiger partial charge on any atom is -0.422 e. The van der Waals surface area contributed by atoms with E-state index >= 15 is 0 Å². The van der Waals surface area contributed by atoms with Gasteiger partial charge in [0.25, 0.3) is 5.91 Å². The molecule has 0 spiro atoms. The van der Waals surface area contributed by atoms with Gasteiger partial charge in [-0.2, -0.15) is 0 Å². The molecule has 3 aromatic rings. The fraction of sp³-hybridized carbons (Fsp3) is 0.227. The zero-order valence-corrected chi connectivity index (χ0v) is 17.8. The molecule has 1 saturated heterocycles. The molecule has 1 aromatic heterocycles. The quantitative estimate of drug-likeness (QED) is 0.476. The van der Waals surface area contributed by atoms with Crippen LogP contribution >= 0.6 is 15.9 Å². The number of carbonyl (C=O) groups is 2. The molecule has 1 fully saturated rings. The van der Waals surface area contributed by atoms with Crippen molar-refractivity contribution < 1.29 is 14.0 Å². The Morgan fingerprint density at radius 2 is 1.86 bits per heavy atom. The summed E-state index contributed by atoms with van der Waals surface area (Å²) in [6.45, 7) is 5.48. The summed E-state index contributed by atoms with van der Waals surface area (Å²) in [7, 11) is 0. The predicted octanol–water partition coefficient (Wildman–Crippen LogP) is 4.14. The first-order valence-electron chi connectivity index (χ1n) is 9.14. The predicted molar refractivity (Wildman–Crippen MR) is 113 cm³/mol. The maximum Gasteiger partial charge on any atom is 0.336 e. The summed E-state index contributed by atoms with van der Waals surface area (Å²) in [4.78, 5) is 39.2. The van der Waals surface area contributed by atoms with Gasteiger partial charge in [-0.3, -0.25) is 9.69 Å². The first-order chi connectivity index (χ1) is 13.7. The number of imide groups is 1. The van der Waals surface area contributed by atoms with Crippen LogP contribution in [0, 0.1) is 13.8 Å². The molecule has 0 saturated carbocycles. The second-order valence-corrected chi connectivity index (χ2v) is 8.35. The molecule has 1 atom stereocenters. The maximum atomic E-state index is 13.2. The summed E-state index contributed by atoms with van der Waals surface area (Å²) < 4.78 is 6.20. The van der Waals surface area contributed by atoms with E-state index in [0.717, 1.165) is 20.5 Å². The van der Waals surface area contributed by atoms with Crippen LogP contribution in [0.25, 0.3) is 11.0 Å². The van der Waals surface area contributed by atoms with E-state index < -0.39 is 17.2 Å². The number of amides is 3. The largest absolute Gasteiger partial charge is 0.422 e. The molecule has 29 heavy (non-hydrogen) atoms. The molecular formula is C22H19BrN2O4. The third-order valence-corrected chi connectivity index (χ3v) is 6.02. The number of urea groups is 1. The highest BCUT2D eigenvalue weighted by molar-refractivity contribution is 9.10. The summed E-state index contributed by atoms with van der Waals surface area (Å²) in [5.41, 5.74) is 1.89. The van der Waals surface area contributed by atoms with Gasteiger partial charge in [-0.1, -0.05) is 40.2 Å². The lowest BCUT2D eigenvalue weighted by Gasteiger charge is -2.22. The number of hydrogen-bond acceptors (Lipinski definition) is 4. The molecule has 2 aromatic carbocycles. The number of nitrogens with zero attached hydrogens (tertiary/aromatic N) is 1. The lowest BCUT2D eigenvalue weighted by Crippen LogP contribution is -2.40. The van der Waals surface area contributed by atoms with Crippen LogP contribution in [0.2, 0.25) is 0 Å². The minimum atomic E-state index is -1.18. The van der Waals surface area contributed by atoms with Gasteiger partial charge >= 0.3 is 11.7 Å². The molecule has 7 heteroatoms. The third-order valence-electron chi connectivity index (χ3n) is 5.52. The second kappa shape index (κ2) is 6.84. The van der Waals surface area contributed by atoms with Gasteiger partial charge in [0.05, 0.1) is 6.54 Å². The normalized spacial score (nSPS) is 19.1. The third kappa shape index (κ3) is 3.15. The standard InChI is InChI=1S/C22H19BrN2O4/c1-12-7-8-17-14(9-18(26)29-19(17)13(12)2)11-25-20(27)22(3,24-21(25)28)15-5-4-6-16(23)10-15/h4-10H,11H2,1-3H3,(H,24,28)/t22-/m1/s1. The number of rotatable bonds is 3. The second-order valence-electron chi connectivity index (χ2n) is 7.43. The molecule has 1 N–H and O–H groups in total. The molecule has 1 aliphatic rings. The number of aryl methyl sites for hydroxylation is 2. The molecule has 148 valence electrons. The fourth-order valence-electron chi connectivity index (χ4n) is 3.66. The zero-order valence-electron chi connectivity index (χ0n) is 16.2. The Hall–Kier alpha value is -2.93. The van der Waals surface area contributed by atoms with Crippen LogP contribution in [0.1, 0.15) is 29.2 Å². The van der Waals surface area contributed by atoms with Gasteiger partial charge in [0.15, 0.2) is 0 Å². The molecule has 0 unspecified atom stereocenters. The molecule has 2 heterocycles. The Labute approximate surface area is 175 Å². The Balaban J connectivity index is 1.76. The van der Waals surface area contributed by atoms with E-state index in [-0.39, 0.29) is 12.5 Å². The Bertz CT molecular complexity index is 1230. The van der Waals surface area contributed by atoms with Crippen molar-refractivity contribution in [3.8, 4) is 0 Å². The zero-order chi connectivity index (χ0) is 20.9. The molecule has 3 amide bonds. The monoisotopic (exact) mass is 454 g/mol. The van der Waals surface area contributed by atoms with Crippen molar-refractivity contribution in [3.05, 3.63) is 79.6 Å². The average molecular weight is 455 g/mol. The van der Waals surface area contributed by atoms with Gasteiger partial charge < -0.3 is 9.73 Å². The number of hydrogen-bond donors (Lipinski definition) is 1. The lowest BCUT2D eigenvalue weighted by atomic mass is 9.92. The molecule has 0 radical (unpaired) electrons. The SMILES string of the molecule is Cc1ccc2c(CN3C(=O)N[C@](C)(c4cccc(Br)c4)C3=O)cc(=O)oc2c1C. The first kappa shape index (κ1) is 19.4. The smallest absolute Gasteiger partial charge is 0.336 e. The van der Waals surface area contributed by atoms with Crippen LogP contribution in [0.5, 0.6) is 0 Å². The van der Waals surface area contributed by atoms with Crippen molar-refractivity contribution in [1.29, 1.82) is 0 Å². The van der Waals surface area contributed by atoms with Crippen LogP contribution in [0.3, 0.4) is 0 Å². The van der Waals surface area contributed by atoms with E-state index in [1.165, 1.54) is 6.07 Å². The Kier molecular flexibility index (Phi) is 4.58. The van der Waals surface area contributed by atoms with Crippen molar-refractivity contribution in [3.63, 3.8) is 0 Å². The van der Waals surface area contributed by atoms with Crippen molar-refractivity contribution in [2.45, 2.75) is 32.9 Å². The summed E-state index contributed by atoms with van der Waals surface area (Å²) in [6.07, 6.45) is 0. The maximum absolute atomic E-state index is 13.2. The van der Waals surface area contributed by atoms with Gasteiger partial charge in [0, 0.05) is 15.9 Å². The topological polar surface area (TPSA) is 79.6 Å². The van der Waals surface area contributed by atoms with E-state index in [4.69, 9.17) is 4.42 Å². The van der Waals surface area contributed by atoms with Crippen LogP contribution in [-0.2, 0) is 16.9 Å². The van der Waals surface area contributed by atoms with E-state index in [1.54, 1.807) is 19.1 Å². The Morgan fingerprint density at radius 3 is 2.59 bits per heavy atom. The number of halogens is 1. The van der Waals surface area contributed by atoms with E-state index in [1.807, 2.05) is 38.1 Å². The van der Waals surface area contributed by atoms with Crippen molar-refractivity contribution in [1.82, 2.24) is 10.2 Å². The number of benzene rings is 2. The van der Waals surface area contributed by atoms with Crippen molar-refractivity contribution in [2.75, 3.05) is 0 Å². The van der Waals surface area contributed by atoms with E-state index in [9.17, 15) is 14.4 Å². The summed E-state index contributed by atoms with van der Waals surface area (Å²) in [5, 5.41) is 3.50.